The second-order valence-corrected chi connectivity index (χ2v) is 7.17. The predicted molar refractivity (Wildman–Crippen MR) is 124 cm³/mol. The Balaban J connectivity index is 1.48. The number of nitrogens with one attached hydrogen (secondary N) is 1. The Morgan fingerprint density at radius 2 is 1.69 bits per heavy atom. The highest BCUT2D eigenvalue weighted by Crippen LogP contribution is 2.26. The smallest absolute Gasteiger partial charge is 0.247 e. The van der Waals surface area contributed by atoms with Crippen LogP contribution in [0.3, 0.4) is 0 Å². The largest absolute Gasteiger partial charge is 0.457 e. The molecule has 6 nitrogen and oxygen atoms in total. The molecule has 0 atom stereocenters. The fraction of sp³-hybridized carbons (Fsp3) is 0.0769. The summed E-state index contributed by atoms with van der Waals surface area (Å²) in [6.07, 6.45) is 1.23. The summed E-state index contributed by atoms with van der Waals surface area (Å²) in [5, 5.41) is 17.2. The Kier molecular flexibility index (Phi) is 6.43. The topological polar surface area (TPSA) is 76.4 Å². The first-order valence-corrected chi connectivity index (χ1v) is 10.2. The van der Waals surface area contributed by atoms with Gasteiger partial charge < -0.3 is 15.2 Å². The number of rotatable bonds is 8. The number of amides is 1. The number of hydrogen-bond acceptors (Lipinski definition) is 4. The van der Waals surface area contributed by atoms with Gasteiger partial charge >= 0.3 is 0 Å². The van der Waals surface area contributed by atoms with Crippen LogP contribution in [0, 0.1) is 0 Å². The summed E-state index contributed by atoms with van der Waals surface area (Å²) in [5.74, 6) is 1.27. The molecular weight excluding hydrogens is 402 g/mol. The van der Waals surface area contributed by atoms with Crippen molar-refractivity contribution < 1.29 is 14.6 Å². The maximum absolute atomic E-state index is 11.4. The van der Waals surface area contributed by atoms with Crippen LogP contribution in [-0.4, -0.2) is 20.8 Å². The van der Waals surface area contributed by atoms with Crippen molar-refractivity contribution in [3.63, 3.8) is 0 Å². The molecule has 0 aliphatic carbocycles. The van der Waals surface area contributed by atoms with E-state index in [0.717, 1.165) is 28.3 Å². The first kappa shape index (κ1) is 21.1. The molecule has 1 heterocycles. The van der Waals surface area contributed by atoms with E-state index in [1.807, 2.05) is 84.9 Å². The predicted octanol–water partition coefficient (Wildman–Crippen LogP) is 5.01. The Morgan fingerprint density at radius 1 is 1.00 bits per heavy atom. The summed E-state index contributed by atoms with van der Waals surface area (Å²) >= 11 is 0. The lowest BCUT2D eigenvalue weighted by Crippen LogP contribution is -2.08. The lowest BCUT2D eigenvalue weighted by atomic mass is 10.1. The molecule has 160 valence electrons. The molecule has 2 N–H and O–H groups in total. The van der Waals surface area contributed by atoms with E-state index in [2.05, 4.69) is 17.0 Å². The van der Waals surface area contributed by atoms with E-state index in [-0.39, 0.29) is 12.5 Å². The number of aromatic nitrogens is 2. The zero-order valence-corrected chi connectivity index (χ0v) is 17.4. The van der Waals surface area contributed by atoms with Gasteiger partial charge in [-0.1, -0.05) is 36.9 Å². The molecule has 0 spiro atoms. The minimum absolute atomic E-state index is 0.115. The second-order valence-electron chi connectivity index (χ2n) is 7.17. The summed E-state index contributed by atoms with van der Waals surface area (Å²) < 4.78 is 7.62. The van der Waals surface area contributed by atoms with E-state index in [4.69, 9.17) is 4.74 Å². The number of aliphatic hydroxyl groups is 1. The molecule has 32 heavy (non-hydrogen) atoms. The van der Waals surface area contributed by atoms with Crippen molar-refractivity contribution in [3.8, 4) is 22.8 Å². The van der Waals surface area contributed by atoms with Crippen LogP contribution in [0.1, 0.15) is 11.3 Å². The number of carbonyl (C=O) groups excluding carboxylic acids is 1. The highest BCUT2D eigenvalue weighted by molar-refractivity contribution is 5.98. The van der Waals surface area contributed by atoms with Crippen molar-refractivity contribution in [1.29, 1.82) is 0 Å². The Morgan fingerprint density at radius 3 is 2.34 bits per heavy atom. The fourth-order valence-electron chi connectivity index (χ4n) is 3.24. The first-order chi connectivity index (χ1) is 15.6. The van der Waals surface area contributed by atoms with Crippen LogP contribution < -0.4 is 10.1 Å². The third-order valence-corrected chi connectivity index (χ3v) is 4.89. The molecular formula is C26H23N3O3. The quantitative estimate of drug-likeness (QED) is 0.389. The van der Waals surface area contributed by atoms with Gasteiger partial charge in [-0.3, -0.25) is 9.48 Å². The van der Waals surface area contributed by atoms with Gasteiger partial charge in [0.15, 0.2) is 0 Å². The van der Waals surface area contributed by atoms with Crippen LogP contribution in [0.2, 0.25) is 0 Å². The third-order valence-electron chi connectivity index (χ3n) is 4.89. The summed E-state index contributed by atoms with van der Waals surface area (Å²) in [7, 11) is 0. The minimum atomic E-state index is -0.253. The minimum Gasteiger partial charge on any atom is -0.457 e. The summed E-state index contributed by atoms with van der Waals surface area (Å²) in [6.45, 7) is 3.83. The molecule has 0 radical (unpaired) electrons. The molecule has 3 aromatic carbocycles. The van der Waals surface area contributed by atoms with Gasteiger partial charge in [0, 0.05) is 11.3 Å². The Labute approximate surface area is 186 Å². The molecule has 4 aromatic rings. The van der Waals surface area contributed by atoms with Crippen LogP contribution >= 0.6 is 0 Å². The maximum Gasteiger partial charge on any atom is 0.247 e. The lowest BCUT2D eigenvalue weighted by molar-refractivity contribution is -0.111. The van der Waals surface area contributed by atoms with Crippen LogP contribution in [-0.2, 0) is 17.9 Å². The molecule has 0 saturated heterocycles. The number of para-hydroxylation sites is 1. The summed E-state index contributed by atoms with van der Waals surface area (Å²) in [6, 6.07) is 26.7. The monoisotopic (exact) mass is 425 g/mol. The van der Waals surface area contributed by atoms with E-state index < -0.39 is 0 Å². The number of hydrogen-bond donors (Lipinski definition) is 2. The number of ether oxygens (including phenoxy) is 1. The van der Waals surface area contributed by atoms with Gasteiger partial charge in [-0.05, 0) is 66.2 Å². The van der Waals surface area contributed by atoms with E-state index >= 15 is 0 Å². The fourth-order valence-corrected chi connectivity index (χ4v) is 3.24. The van der Waals surface area contributed by atoms with E-state index in [0.29, 0.717) is 17.9 Å². The molecule has 1 aromatic heterocycles. The molecule has 1 amide bonds. The molecule has 0 bridgehead atoms. The Hall–Kier alpha value is -4.16. The van der Waals surface area contributed by atoms with E-state index in [1.165, 1.54) is 6.08 Å². The molecule has 4 rings (SSSR count). The highest BCUT2D eigenvalue weighted by atomic mass is 16.5. The summed E-state index contributed by atoms with van der Waals surface area (Å²) in [4.78, 5) is 11.4. The molecule has 0 aliphatic rings. The van der Waals surface area contributed by atoms with Crippen molar-refractivity contribution in [2.24, 2.45) is 0 Å². The molecule has 6 heteroatoms. The molecule has 0 fully saturated rings. The number of benzene rings is 3. The Bertz CT molecular complexity index is 1200. The number of anilines is 1. The van der Waals surface area contributed by atoms with Gasteiger partial charge in [0.2, 0.25) is 5.91 Å². The maximum atomic E-state index is 11.4. The number of carbonyl (C=O) groups is 1. The van der Waals surface area contributed by atoms with Gasteiger partial charge in [-0.25, -0.2) is 0 Å². The molecule has 0 aliphatic heterocycles. The highest BCUT2D eigenvalue weighted by Gasteiger charge is 2.10. The van der Waals surface area contributed by atoms with Gasteiger partial charge in [-0.15, -0.1) is 0 Å². The molecule has 0 unspecified atom stereocenters. The average Bonchev–Trinajstić information content (AvgIpc) is 3.24. The van der Waals surface area contributed by atoms with Crippen molar-refractivity contribution >= 4 is 11.6 Å². The second kappa shape index (κ2) is 9.76. The zero-order chi connectivity index (χ0) is 22.3. The van der Waals surface area contributed by atoms with Crippen LogP contribution in [0.15, 0.2) is 97.6 Å². The average molecular weight is 425 g/mol. The lowest BCUT2D eigenvalue weighted by Gasteiger charge is -2.08. The number of aliphatic hydroxyl groups excluding tert-OH is 1. The SMILES string of the molecule is C=CC(=O)Nc1ccc(Cn2nc(-c3ccc(Oc4ccccc4)cc3)cc2CO)cc1. The third kappa shape index (κ3) is 5.11. The zero-order valence-electron chi connectivity index (χ0n) is 17.4. The van der Waals surface area contributed by atoms with Gasteiger partial charge in [0.05, 0.1) is 24.5 Å². The first-order valence-electron chi connectivity index (χ1n) is 10.2. The van der Waals surface area contributed by atoms with Gasteiger partial charge in [0.25, 0.3) is 0 Å². The van der Waals surface area contributed by atoms with E-state index in [9.17, 15) is 9.90 Å². The normalized spacial score (nSPS) is 10.5. The molecule has 0 saturated carbocycles. The standard InChI is InChI=1S/C26H23N3O3/c1-2-26(31)27-21-12-8-19(9-13-21)17-29-22(18-30)16-25(28-29)20-10-14-24(15-11-20)32-23-6-4-3-5-7-23/h2-16,30H,1,17-18H2,(H,27,31). The van der Waals surface area contributed by atoms with Gasteiger partial charge in [0.1, 0.15) is 11.5 Å². The van der Waals surface area contributed by atoms with Crippen LogP contribution in [0.25, 0.3) is 11.3 Å². The van der Waals surface area contributed by atoms with Gasteiger partial charge in [-0.2, -0.15) is 5.10 Å². The van der Waals surface area contributed by atoms with Crippen molar-refractivity contribution in [3.05, 3.63) is 109 Å². The summed E-state index contributed by atoms with van der Waals surface area (Å²) in [5.41, 5.74) is 4.11. The van der Waals surface area contributed by atoms with Crippen molar-refractivity contribution in [2.45, 2.75) is 13.2 Å². The van der Waals surface area contributed by atoms with Crippen molar-refractivity contribution in [2.75, 3.05) is 5.32 Å². The van der Waals surface area contributed by atoms with Crippen LogP contribution in [0.5, 0.6) is 11.5 Å². The van der Waals surface area contributed by atoms with Crippen molar-refractivity contribution in [1.82, 2.24) is 9.78 Å². The number of nitrogens with zero attached hydrogens (tertiary/aromatic N) is 2. The van der Waals surface area contributed by atoms with E-state index in [1.54, 1.807) is 4.68 Å². The van der Waals surface area contributed by atoms with Crippen LogP contribution in [0.4, 0.5) is 5.69 Å².